The maximum atomic E-state index is 12.7. The first kappa shape index (κ1) is 16.3. The SMILES string of the molecule is Cn1c(N)cc2cc(-c3cc(C(=O)N4CCOCC4)nc(N)n3)ccc21. The minimum Gasteiger partial charge on any atom is -0.385 e. The molecule has 0 radical (unpaired) electrons. The van der Waals surface area contributed by atoms with Crippen LogP contribution in [0, 0.1) is 0 Å². The number of hydrogen-bond donors (Lipinski definition) is 2. The summed E-state index contributed by atoms with van der Waals surface area (Å²) in [6, 6.07) is 9.48. The molecule has 0 bridgehead atoms. The van der Waals surface area contributed by atoms with E-state index in [1.807, 2.05) is 35.9 Å². The van der Waals surface area contributed by atoms with E-state index in [4.69, 9.17) is 16.2 Å². The van der Waals surface area contributed by atoms with Crippen LogP contribution in [0.25, 0.3) is 22.2 Å². The van der Waals surface area contributed by atoms with E-state index in [9.17, 15) is 4.79 Å². The van der Waals surface area contributed by atoms with E-state index in [0.29, 0.717) is 43.5 Å². The molecular weight excluding hydrogens is 332 g/mol. The van der Waals surface area contributed by atoms with Crippen LogP contribution >= 0.6 is 0 Å². The van der Waals surface area contributed by atoms with Gasteiger partial charge in [0, 0.05) is 36.6 Å². The number of aryl methyl sites for hydroxylation is 1. The Morgan fingerprint density at radius 1 is 1.12 bits per heavy atom. The standard InChI is InChI=1S/C18H20N6O2/c1-23-15-3-2-11(8-12(15)9-16(23)19)13-10-14(22-18(20)21-13)17(25)24-4-6-26-7-5-24/h2-3,8-10H,4-7,19H2,1H3,(H2,20,21,22). The van der Waals surface area contributed by atoms with Crippen LogP contribution in [0.5, 0.6) is 0 Å². The van der Waals surface area contributed by atoms with Gasteiger partial charge < -0.3 is 25.7 Å². The monoisotopic (exact) mass is 352 g/mol. The van der Waals surface area contributed by atoms with Crippen LogP contribution in [-0.4, -0.2) is 51.6 Å². The lowest BCUT2D eigenvalue weighted by molar-refractivity contribution is 0.0299. The zero-order valence-corrected chi connectivity index (χ0v) is 14.5. The summed E-state index contributed by atoms with van der Waals surface area (Å²) < 4.78 is 7.21. The summed E-state index contributed by atoms with van der Waals surface area (Å²) in [6.45, 7) is 2.16. The predicted octanol–water partition coefficient (Wildman–Crippen LogP) is 1.27. The number of rotatable bonds is 2. The van der Waals surface area contributed by atoms with E-state index in [-0.39, 0.29) is 11.9 Å². The first-order valence-electron chi connectivity index (χ1n) is 8.40. The molecule has 4 rings (SSSR count). The Morgan fingerprint density at radius 2 is 1.88 bits per heavy atom. The van der Waals surface area contributed by atoms with Crippen LogP contribution in [0.15, 0.2) is 30.3 Å². The summed E-state index contributed by atoms with van der Waals surface area (Å²) in [5.41, 5.74) is 14.6. The third kappa shape index (κ3) is 2.84. The van der Waals surface area contributed by atoms with E-state index in [0.717, 1.165) is 16.5 Å². The van der Waals surface area contributed by atoms with Crippen molar-refractivity contribution >= 4 is 28.6 Å². The Kier molecular flexibility index (Phi) is 3.96. The average molecular weight is 352 g/mol. The number of anilines is 2. The van der Waals surface area contributed by atoms with Gasteiger partial charge in [-0.15, -0.1) is 0 Å². The van der Waals surface area contributed by atoms with Gasteiger partial charge in [-0.1, -0.05) is 6.07 Å². The largest absolute Gasteiger partial charge is 0.385 e. The zero-order chi connectivity index (χ0) is 18.3. The van der Waals surface area contributed by atoms with Crippen molar-refractivity contribution in [1.82, 2.24) is 19.4 Å². The van der Waals surface area contributed by atoms with Crippen molar-refractivity contribution in [3.63, 3.8) is 0 Å². The van der Waals surface area contributed by atoms with E-state index in [1.54, 1.807) is 11.0 Å². The molecule has 8 nitrogen and oxygen atoms in total. The normalized spacial score (nSPS) is 14.7. The highest BCUT2D eigenvalue weighted by Crippen LogP contribution is 2.27. The fraction of sp³-hybridized carbons (Fsp3) is 0.278. The fourth-order valence-corrected chi connectivity index (χ4v) is 3.18. The van der Waals surface area contributed by atoms with Crippen LogP contribution in [0.4, 0.5) is 11.8 Å². The lowest BCUT2D eigenvalue weighted by Crippen LogP contribution is -2.41. The number of fused-ring (bicyclic) bond motifs is 1. The molecule has 0 unspecified atom stereocenters. The van der Waals surface area contributed by atoms with E-state index >= 15 is 0 Å². The molecule has 0 spiro atoms. The van der Waals surface area contributed by atoms with Crippen molar-refractivity contribution in [2.45, 2.75) is 0 Å². The molecule has 1 aromatic carbocycles. The Morgan fingerprint density at radius 3 is 2.65 bits per heavy atom. The third-order valence-electron chi connectivity index (χ3n) is 4.64. The molecule has 1 aliphatic rings. The number of nitrogen functional groups attached to an aromatic ring is 2. The van der Waals surface area contributed by atoms with E-state index in [2.05, 4.69) is 9.97 Å². The highest BCUT2D eigenvalue weighted by Gasteiger charge is 2.21. The average Bonchev–Trinajstić information content (AvgIpc) is 2.95. The van der Waals surface area contributed by atoms with Gasteiger partial charge in [0.1, 0.15) is 11.5 Å². The van der Waals surface area contributed by atoms with E-state index < -0.39 is 0 Å². The van der Waals surface area contributed by atoms with Crippen molar-refractivity contribution in [1.29, 1.82) is 0 Å². The number of hydrogen-bond acceptors (Lipinski definition) is 6. The summed E-state index contributed by atoms with van der Waals surface area (Å²) >= 11 is 0. The molecule has 3 heterocycles. The fourth-order valence-electron chi connectivity index (χ4n) is 3.18. The van der Waals surface area contributed by atoms with Crippen LogP contribution < -0.4 is 11.5 Å². The number of amides is 1. The molecule has 1 fully saturated rings. The van der Waals surface area contributed by atoms with Gasteiger partial charge in [0.05, 0.1) is 18.9 Å². The summed E-state index contributed by atoms with van der Waals surface area (Å²) in [4.78, 5) is 22.8. The van der Waals surface area contributed by atoms with Gasteiger partial charge in [0.25, 0.3) is 5.91 Å². The molecule has 1 aliphatic heterocycles. The van der Waals surface area contributed by atoms with Crippen LogP contribution in [0.1, 0.15) is 10.5 Å². The first-order valence-corrected chi connectivity index (χ1v) is 8.40. The molecule has 3 aromatic rings. The highest BCUT2D eigenvalue weighted by atomic mass is 16.5. The van der Waals surface area contributed by atoms with Gasteiger partial charge in [0.15, 0.2) is 0 Å². The highest BCUT2D eigenvalue weighted by molar-refractivity contribution is 5.94. The Hall–Kier alpha value is -3.13. The smallest absolute Gasteiger partial charge is 0.272 e. The van der Waals surface area contributed by atoms with Crippen molar-refractivity contribution in [2.75, 3.05) is 37.8 Å². The van der Waals surface area contributed by atoms with Crippen LogP contribution in [0.3, 0.4) is 0 Å². The number of ether oxygens (including phenoxy) is 1. The van der Waals surface area contributed by atoms with Crippen LogP contribution in [0.2, 0.25) is 0 Å². The van der Waals surface area contributed by atoms with E-state index in [1.165, 1.54) is 0 Å². The van der Waals surface area contributed by atoms with Gasteiger partial charge in [-0.3, -0.25) is 4.79 Å². The van der Waals surface area contributed by atoms with Crippen molar-refractivity contribution in [3.8, 4) is 11.3 Å². The number of morpholine rings is 1. The molecule has 4 N–H and O–H groups in total. The summed E-state index contributed by atoms with van der Waals surface area (Å²) in [6.07, 6.45) is 0. The molecule has 26 heavy (non-hydrogen) atoms. The van der Waals surface area contributed by atoms with Crippen molar-refractivity contribution in [3.05, 3.63) is 36.0 Å². The van der Waals surface area contributed by atoms with Crippen LogP contribution in [-0.2, 0) is 11.8 Å². The van der Waals surface area contributed by atoms with Gasteiger partial charge in [0.2, 0.25) is 5.95 Å². The van der Waals surface area contributed by atoms with Gasteiger partial charge in [-0.05, 0) is 24.3 Å². The number of nitrogens with two attached hydrogens (primary N) is 2. The molecule has 0 atom stereocenters. The maximum Gasteiger partial charge on any atom is 0.272 e. The second-order valence-corrected chi connectivity index (χ2v) is 6.30. The predicted molar refractivity (Wildman–Crippen MR) is 99.5 cm³/mol. The Labute approximate surface area is 150 Å². The molecule has 134 valence electrons. The molecule has 1 saturated heterocycles. The Bertz CT molecular complexity index is 991. The van der Waals surface area contributed by atoms with Crippen molar-refractivity contribution in [2.24, 2.45) is 7.05 Å². The van der Waals surface area contributed by atoms with Gasteiger partial charge in [-0.2, -0.15) is 0 Å². The summed E-state index contributed by atoms with van der Waals surface area (Å²) in [5.74, 6) is 0.600. The van der Waals surface area contributed by atoms with Crippen molar-refractivity contribution < 1.29 is 9.53 Å². The summed E-state index contributed by atoms with van der Waals surface area (Å²) in [7, 11) is 1.92. The van der Waals surface area contributed by atoms with Gasteiger partial charge >= 0.3 is 0 Å². The number of nitrogens with zero attached hydrogens (tertiary/aromatic N) is 4. The minimum atomic E-state index is -0.159. The topological polar surface area (TPSA) is 112 Å². The second kappa shape index (κ2) is 6.30. The third-order valence-corrected chi connectivity index (χ3v) is 4.64. The Balaban J connectivity index is 1.72. The molecular formula is C18H20N6O2. The number of aromatic nitrogens is 3. The molecule has 1 amide bonds. The lowest BCUT2D eigenvalue weighted by Gasteiger charge is -2.26. The molecule has 2 aromatic heterocycles. The number of carbonyl (C=O) groups is 1. The molecule has 8 heteroatoms. The zero-order valence-electron chi connectivity index (χ0n) is 14.5. The maximum absolute atomic E-state index is 12.7. The second-order valence-electron chi connectivity index (χ2n) is 6.30. The lowest BCUT2D eigenvalue weighted by atomic mass is 10.1. The molecule has 0 aliphatic carbocycles. The van der Waals surface area contributed by atoms with Gasteiger partial charge in [-0.25, -0.2) is 9.97 Å². The summed E-state index contributed by atoms with van der Waals surface area (Å²) in [5, 5.41) is 1.00. The molecule has 0 saturated carbocycles. The quantitative estimate of drug-likeness (QED) is 0.718. The number of benzene rings is 1. The first-order chi connectivity index (χ1) is 12.5. The number of carbonyl (C=O) groups excluding carboxylic acids is 1. The minimum absolute atomic E-state index is 0.0757.